The van der Waals surface area contributed by atoms with Crippen LogP contribution in [0.2, 0.25) is 0 Å². The minimum atomic E-state index is -1.12. The summed E-state index contributed by atoms with van der Waals surface area (Å²) in [5.41, 5.74) is 1.92. The summed E-state index contributed by atoms with van der Waals surface area (Å²) in [4.78, 5) is 2.14. The largest absolute Gasteiger partial charge is 0.379 e. The first-order chi connectivity index (χ1) is 12.5. The van der Waals surface area contributed by atoms with E-state index in [0.29, 0.717) is 0 Å². The molecule has 2 unspecified atom stereocenters. The fourth-order valence-electron chi connectivity index (χ4n) is 4.01. The van der Waals surface area contributed by atoms with E-state index in [2.05, 4.69) is 36.1 Å². The van der Waals surface area contributed by atoms with Crippen LogP contribution >= 0.6 is 0 Å². The Morgan fingerprint density at radius 3 is 1.46 bits per heavy atom. The van der Waals surface area contributed by atoms with Crippen LogP contribution in [0.1, 0.15) is 29.5 Å². The van der Waals surface area contributed by atoms with Crippen molar-refractivity contribution in [3.8, 4) is 0 Å². The van der Waals surface area contributed by atoms with Crippen LogP contribution < -0.4 is 0 Å². The second kappa shape index (κ2) is 7.86. The van der Waals surface area contributed by atoms with Crippen molar-refractivity contribution in [2.45, 2.75) is 24.5 Å². The van der Waals surface area contributed by atoms with Crippen LogP contribution in [-0.2, 0) is 5.60 Å². The summed E-state index contributed by atoms with van der Waals surface area (Å²) in [5, 5.41) is 12.2. The Labute approximate surface area is 156 Å². The molecule has 1 N–H and O–H groups in total. The smallest absolute Gasteiger partial charge is 0.131 e. The molecule has 0 saturated carbocycles. The number of rotatable bonds is 6. The van der Waals surface area contributed by atoms with Crippen LogP contribution in [0.4, 0.5) is 0 Å². The Balaban J connectivity index is 2.18. The maximum Gasteiger partial charge on any atom is 0.131 e. The van der Waals surface area contributed by atoms with Crippen LogP contribution in [0.5, 0.6) is 0 Å². The zero-order chi connectivity index (χ0) is 18.6. The van der Waals surface area contributed by atoms with Crippen LogP contribution in [0.3, 0.4) is 0 Å². The highest BCUT2D eigenvalue weighted by atomic mass is 16.3. The topological polar surface area (TPSA) is 23.5 Å². The molecule has 2 heteroatoms. The molecule has 0 aliphatic carbocycles. The zero-order valence-corrected chi connectivity index (χ0v) is 15.7. The van der Waals surface area contributed by atoms with Crippen molar-refractivity contribution in [2.24, 2.45) is 0 Å². The van der Waals surface area contributed by atoms with E-state index in [4.69, 9.17) is 0 Å². The summed E-state index contributed by atoms with van der Waals surface area (Å²) in [6, 6.07) is 30.3. The average Bonchev–Trinajstić information content (AvgIpc) is 2.69. The third kappa shape index (κ3) is 3.44. The number of nitrogens with zero attached hydrogens (tertiary/aromatic N) is 1. The van der Waals surface area contributed by atoms with Crippen molar-refractivity contribution in [1.82, 2.24) is 4.90 Å². The summed E-state index contributed by atoms with van der Waals surface area (Å²) in [5.74, 6) is 0.136. The Kier molecular flexibility index (Phi) is 5.55. The summed E-state index contributed by atoms with van der Waals surface area (Å²) in [7, 11) is 4.09. The second-order valence-corrected chi connectivity index (χ2v) is 7.11. The zero-order valence-electron chi connectivity index (χ0n) is 15.7. The molecule has 0 aromatic heterocycles. The van der Waals surface area contributed by atoms with E-state index in [1.54, 1.807) is 0 Å². The summed E-state index contributed by atoms with van der Waals surface area (Å²) in [6.07, 6.45) is 0. The van der Waals surface area contributed by atoms with Crippen molar-refractivity contribution in [3.63, 3.8) is 0 Å². The minimum Gasteiger partial charge on any atom is -0.379 e. The fourth-order valence-corrected chi connectivity index (χ4v) is 4.01. The van der Waals surface area contributed by atoms with Gasteiger partial charge in [-0.2, -0.15) is 0 Å². The van der Waals surface area contributed by atoms with Gasteiger partial charge < -0.3 is 10.0 Å². The van der Waals surface area contributed by atoms with Gasteiger partial charge in [0.15, 0.2) is 0 Å². The molecule has 0 aliphatic rings. The molecule has 0 fully saturated rings. The van der Waals surface area contributed by atoms with E-state index < -0.39 is 5.60 Å². The predicted molar refractivity (Wildman–Crippen MR) is 108 cm³/mol. The van der Waals surface area contributed by atoms with Gasteiger partial charge in [-0.1, -0.05) is 97.9 Å². The Morgan fingerprint density at radius 2 is 1.08 bits per heavy atom. The van der Waals surface area contributed by atoms with Gasteiger partial charge in [-0.15, -0.1) is 0 Å². The molecule has 2 nitrogen and oxygen atoms in total. The van der Waals surface area contributed by atoms with Crippen molar-refractivity contribution >= 4 is 0 Å². The van der Waals surface area contributed by atoms with Gasteiger partial charge in [-0.25, -0.2) is 0 Å². The van der Waals surface area contributed by atoms with E-state index in [-0.39, 0.29) is 12.0 Å². The summed E-state index contributed by atoms with van der Waals surface area (Å²) in [6.45, 7) is 2.19. The van der Waals surface area contributed by atoms with E-state index in [9.17, 15) is 5.11 Å². The molecule has 2 atom stereocenters. The fraction of sp³-hybridized carbons (Fsp3) is 0.250. The maximum atomic E-state index is 12.2. The number of benzene rings is 3. The molecule has 26 heavy (non-hydrogen) atoms. The van der Waals surface area contributed by atoms with Crippen LogP contribution in [0.15, 0.2) is 91.0 Å². The molecular weight excluding hydrogens is 318 g/mol. The monoisotopic (exact) mass is 345 g/mol. The number of hydrogen-bond acceptors (Lipinski definition) is 2. The first-order valence-electron chi connectivity index (χ1n) is 9.10. The molecule has 0 heterocycles. The molecule has 0 saturated heterocycles. The molecule has 134 valence electrons. The third-order valence-corrected chi connectivity index (χ3v) is 5.21. The molecule has 0 amide bonds. The Hall–Kier alpha value is -2.42. The van der Waals surface area contributed by atoms with Gasteiger partial charge in [0.2, 0.25) is 0 Å². The lowest BCUT2D eigenvalue weighted by Crippen LogP contribution is -2.51. The van der Waals surface area contributed by atoms with Crippen LogP contribution in [0.25, 0.3) is 0 Å². The molecule has 0 aliphatic heterocycles. The first kappa shape index (κ1) is 18.4. The van der Waals surface area contributed by atoms with Gasteiger partial charge in [0, 0.05) is 5.92 Å². The van der Waals surface area contributed by atoms with E-state index in [1.165, 1.54) is 5.56 Å². The van der Waals surface area contributed by atoms with Gasteiger partial charge >= 0.3 is 0 Å². The van der Waals surface area contributed by atoms with Crippen LogP contribution in [-0.4, -0.2) is 30.1 Å². The Bertz CT molecular complexity index is 760. The molecule has 3 aromatic carbocycles. The lowest BCUT2D eigenvalue weighted by atomic mass is 9.73. The van der Waals surface area contributed by atoms with Crippen LogP contribution in [0, 0.1) is 0 Å². The lowest BCUT2D eigenvalue weighted by molar-refractivity contribution is -0.0134. The molecular formula is C24H27NO. The second-order valence-electron chi connectivity index (χ2n) is 7.11. The van der Waals surface area contributed by atoms with Gasteiger partial charge in [0.1, 0.15) is 5.60 Å². The van der Waals surface area contributed by atoms with Crippen molar-refractivity contribution in [2.75, 3.05) is 14.1 Å². The molecule has 3 aromatic rings. The molecule has 0 spiro atoms. The van der Waals surface area contributed by atoms with E-state index in [1.807, 2.05) is 80.8 Å². The highest BCUT2D eigenvalue weighted by Gasteiger charge is 2.44. The molecule has 0 radical (unpaired) electrons. The van der Waals surface area contributed by atoms with Gasteiger partial charge in [-0.05, 0) is 30.8 Å². The Morgan fingerprint density at radius 1 is 0.692 bits per heavy atom. The normalized spacial score (nSPS) is 14.2. The minimum absolute atomic E-state index is 0.130. The lowest BCUT2D eigenvalue weighted by Gasteiger charge is -2.44. The summed E-state index contributed by atoms with van der Waals surface area (Å²) < 4.78 is 0. The summed E-state index contributed by atoms with van der Waals surface area (Å²) >= 11 is 0. The van der Waals surface area contributed by atoms with Gasteiger partial charge in [-0.3, -0.25) is 0 Å². The highest BCUT2D eigenvalue weighted by Crippen LogP contribution is 2.41. The SMILES string of the molecule is CC(c1ccccc1)C(N(C)C)C(O)(c1ccccc1)c1ccccc1. The van der Waals surface area contributed by atoms with Gasteiger partial charge in [0.25, 0.3) is 0 Å². The standard InChI is InChI=1S/C24H27NO/c1-19(20-13-7-4-8-14-20)23(25(2)3)24(26,21-15-9-5-10-16-21)22-17-11-6-12-18-22/h4-19,23,26H,1-3H3. The van der Waals surface area contributed by atoms with Crippen molar-refractivity contribution in [1.29, 1.82) is 0 Å². The number of likely N-dealkylation sites (N-methyl/N-ethyl adjacent to an activating group) is 1. The number of hydrogen-bond donors (Lipinski definition) is 1. The predicted octanol–water partition coefficient (Wildman–Crippen LogP) is 4.66. The average molecular weight is 345 g/mol. The highest BCUT2D eigenvalue weighted by molar-refractivity contribution is 5.40. The maximum absolute atomic E-state index is 12.2. The first-order valence-corrected chi connectivity index (χ1v) is 9.10. The molecule has 0 bridgehead atoms. The van der Waals surface area contributed by atoms with E-state index >= 15 is 0 Å². The molecule has 3 rings (SSSR count). The van der Waals surface area contributed by atoms with Crippen molar-refractivity contribution in [3.05, 3.63) is 108 Å². The third-order valence-electron chi connectivity index (χ3n) is 5.21. The number of aliphatic hydroxyl groups is 1. The quantitative estimate of drug-likeness (QED) is 0.702. The van der Waals surface area contributed by atoms with Crippen molar-refractivity contribution < 1.29 is 5.11 Å². The van der Waals surface area contributed by atoms with Gasteiger partial charge in [0.05, 0.1) is 6.04 Å². The van der Waals surface area contributed by atoms with E-state index in [0.717, 1.165) is 11.1 Å².